The van der Waals surface area contributed by atoms with Gasteiger partial charge in [-0.05, 0) is 31.2 Å². The van der Waals surface area contributed by atoms with E-state index in [-0.39, 0.29) is 17.4 Å². The highest BCUT2D eigenvalue weighted by Crippen LogP contribution is 2.24. The zero-order chi connectivity index (χ0) is 14.0. The van der Waals surface area contributed by atoms with E-state index in [2.05, 4.69) is 5.10 Å². The molecular formula is C13H22N2O3S. The standard InChI is InChI=1S/C13H22N2O3S/c1-3-11-7-12(15(2)14-11)8-13(16)6-10-4-5-19(17,18)9-10/h7,10,13,16H,3-6,8-9H2,1-2H3. The van der Waals surface area contributed by atoms with Gasteiger partial charge in [-0.25, -0.2) is 8.42 Å². The molecule has 1 saturated heterocycles. The molecule has 19 heavy (non-hydrogen) atoms. The third-order valence-electron chi connectivity index (χ3n) is 3.77. The first kappa shape index (κ1) is 14.5. The average Bonchev–Trinajstić information content (AvgIpc) is 2.82. The van der Waals surface area contributed by atoms with Gasteiger partial charge in [-0.1, -0.05) is 6.92 Å². The number of sulfone groups is 1. The predicted molar refractivity (Wildman–Crippen MR) is 73.7 cm³/mol. The molecule has 0 amide bonds. The predicted octanol–water partition coefficient (Wildman–Crippen LogP) is 0.711. The van der Waals surface area contributed by atoms with Crippen molar-refractivity contribution in [2.75, 3.05) is 11.5 Å². The summed E-state index contributed by atoms with van der Waals surface area (Å²) in [4.78, 5) is 0. The lowest BCUT2D eigenvalue weighted by Gasteiger charge is -2.14. The minimum absolute atomic E-state index is 0.110. The van der Waals surface area contributed by atoms with E-state index in [9.17, 15) is 13.5 Å². The second-order valence-electron chi connectivity index (χ2n) is 5.47. The molecule has 2 unspecified atom stereocenters. The Morgan fingerprint density at radius 1 is 1.58 bits per heavy atom. The molecule has 0 spiro atoms. The smallest absolute Gasteiger partial charge is 0.150 e. The minimum Gasteiger partial charge on any atom is -0.393 e. The quantitative estimate of drug-likeness (QED) is 0.865. The molecule has 2 heterocycles. The van der Waals surface area contributed by atoms with Crippen LogP contribution in [0.4, 0.5) is 0 Å². The molecule has 0 bridgehead atoms. The third kappa shape index (κ3) is 3.79. The topological polar surface area (TPSA) is 72.2 Å². The molecule has 108 valence electrons. The maximum atomic E-state index is 11.4. The number of rotatable bonds is 5. The second kappa shape index (κ2) is 5.63. The number of aryl methyl sites for hydroxylation is 2. The molecule has 5 nitrogen and oxygen atoms in total. The van der Waals surface area contributed by atoms with Crippen LogP contribution >= 0.6 is 0 Å². The van der Waals surface area contributed by atoms with Gasteiger partial charge in [0.2, 0.25) is 0 Å². The summed E-state index contributed by atoms with van der Waals surface area (Å²) in [6.45, 7) is 2.05. The summed E-state index contributed by atoms with van der Waals surface area (Å²) in [5, 5.41) is 14.5. The van der Waals surface area contributed by atoms with Crippen molar-refractivity contribution in [3.8, 4) is 0 Å². The Labute approximate surface area is 114 Å². The largest absolute Gasteiger partial charge is 0.393 e. The summed E-state index contributed by atoms with van der Waals surface area (Å²) >= 11 is 0. The van der Waals surface area contributed by atoms with Crippen molar-refractivity contribution in [2.24, 2.45) is 13.0 Å². The highest BCUT2D eigenvalue weighted by molar-refractivity contribution is 7.91. The van der Waals surface area contributed by atoms with Crippen LogP contribution in [-0.2, 0) is 29.7 Å². The molecule has 2 atom stereocenters. The number of hydrogen-bond donors (Lipinski definition) is 1. The van der Waals surface area contributed by atoms with Crippen LogP contribution in [-0.4, -0.2) is 40.9 Å². The number of aliphatic hydroxyl groups excluding tert-OH is 1. The molecule has 1 aromatic rings. The lowest BCUT2D eigenvalue weighted by atomic mass is 9.98. The van der Waals surface area contributed by atoms with E-state index in [0.29, 0.717) is 19.3 Å². The highest BCUT2D eigenvalue weighted by atomic mass is 32.2. The zero-order valence-corrected chi connectivity index (χ0v) is 12.4. The van der Waals surface area contributed by atoms with E-state index < -0.39 is 15.9 Å². The van der Waals surface area contributed by atoms with Crippen LogP contribution in [0.5, 0.6) is 0 Å². The lowest BCUT2D eigenvalue weighted by Crippen LogP contribution is -2.18. The van der Waals surface area contributed by atoms with Gasteiger partial charge in [0.1, 0.15) is 0 Å². The van der Waals surface area contributed by atoms with Gasteiger partial charge in [0.25, 0.3) is 0 Å². The first-order valence-corrected chi connectivity index (χ1v) is 8.62. The first-order valence-electron chi connectivity index (χ1n) is 6.80. The Morgan fingerprint density at radius 2 is 2.32 bits per heavy atom. The first-order chi connectivity index (χ1) is 8.89. The van der Waals surface area contributed by atoms with Crippen LogP contribution in [0.1, 0.15) is 31.2 Å². The summed E-state index contributed by atoms with van der Waals surface area (Å²) in [5.41, 5.74) is 2.03. The SMILES string of the molecule is CCc1cc(CC(O)CC2CCS(=O)(=O)C2)n(C)n1. The lowest BCUT2D eigenvalue weighted by molar-refractivity contribution is 0.144. The fraction of sp³-hybridized carbons (Fsp3) is 0.769. The van der Waals surface area contributed by atoms with Crippen molar-refractivity contribution in [1.29, 1.82) is 0 Å². The van der Waals surface area contributed by atoms with Gasteiger partial charge in [0.05, 0.1) is 23.3 Å². The monoisotopic (exact) mass is 286 g/mol. The Kier molecular flexibility index (Phi) is 4.30. The normalized spacial score (nSPS) is 23.6. The van der Waals surface area contributed by atoms with E-state index in [1.54, 1.807) is 4.68 Å². The Balaban J connectivity index is 1.90. The summed E-state index contributed by atoms with van der Waals surface area (Å²) in [7, 11) is -0.974. The molecule has 0 radical (unpaired) electrons. The summed E-state index contributed by atoms with van der Waals surface area (Å²) in [6.07, 6.45) is 2.18. The van der Waals surface area contributed by atoms with Crippen molar-refractivity contribution in [1.82, 2.24) is 9.78 Å². The third-order valence-corrected chi connectivity index (χ3v) is 5.60. The number of hydrogen-bond acceptors (Lipinski definition) is 4. The highest BCUT2D eigenvalue weighted by Gasteiger charge is 2.29. The molecule has 1 N–H and O–H groups in total. The van der Waals surface area contributed by atoms with Crippen molar-refractivity contribution in [3.63, 3.8) is 0 Å². The van der Waals surface area contributed by atoms with Gasteiger partial charge in [0, 0.05) is 19.2 Å². The fourth-order valence-electron chi connectivity index (χ4n) is 2.70. The van der Waals surface area contributed by atoms with Gasteiger partial charge in [-0.2, -0.15) is 5.10 Å². The van der Waals surface area contributed by atoms with Crippen LogP contribution in [0, 0.1) is 5.92 Å². The van der Waals surface area contributed by atoms with Crippen LogP contribution in [0.2, 0.25) is 0 Å². The Hall–Kier alpha value is -0.880. The van der Waals surface area contributed by atoms with Crippen LogP contribution in [0.25, 0.3) is 0 Å². The van der Waals surface area contributed by atoms with Gasteiger partial charge >= 0.3 is 0 Å². The second-order valence-corrected chi connectivity index (χ2v) is 7.70. The Morgan fingerprint density at radius 3 is 2.84 bits per heavy atom. The molecular weight excluding hydrogens is 264 g/mol. The van der Waals surface area contributed by atoms with Crippen LogP contribution in [0.15, 0.2) is 6.07 Å². The van der Waals surface area contributed by atoms with Crippen LogP contribution in [0.3, 0.4) is 0 Å². The maximum absolute atomic E-state index is 11.4. The number of aliphatic hydroxyl groups is 1. The van der Waals surface area contributed by atoms with E-state index in [0.717, 1.165) is 17.8 Å². The molecule has 1 fully saturated rings. The van der Waals surface area contributed by atoms with Crippen molar-refractivity contribution in [3.05, 3.63) is 17.5 Å². The average molecular weight is 286 g/mol. The molecule has 2 rings (SSSR count). The van der Waals surface area contributed by atoms with Gasteiger partial charge in [-0.3, -0.25) is 4.68 Å². The zero-order valence-electron chi connectivity index (χ0n) is 11.5. The molecule has 0 aliphatic carbocycles. The van der Waals surface area contributed by atoms with Crippen LogP contribution < -0.4 is 0 Å². The fourth-order valence-corrected chi connectivity index (χ4v) is 4.58. The van der Waals surface area contributed by atoms with E-state index in [4.69, 9.17) is 0 Å². The molecule has 0 saturated carbocycles. The van der Waals surface area contributed by atoms with Crippen molar-refractivity contribution < 1.29 is 13.5 Å². The molecule has 6 heteroatoms. The number of aromatic nitrogens is 2. The van der Waals surface area contributed by atoms with E-state index in [1.807, 2.05) is 20.0 Å². The Bertz CT molecular complexity index is 536. The van der Waals surface area contributed by atoms with E-state index in [1.165, 1.54) is 0 Å². The molecule has 1 aromatic heterocycles. The summed E-state index contributed by atoms with van der Waals surface area (Å²) in [6, 6.07) is 2.01. The summed E-state index contributed by atoms with van der Waals surface area (Å²) < 4.78 is 24.6. The molecule has 1 aliphatic heterocycles. The van der Waals surface area contributed by atoms with Gasteiger partial charge in [-0.15, -0.1) is 0 Å². The maximum Gasteiger partial charge on any atom is 0.150 e. The number of nitrogens with zero attached hydrogens (tertiary/aromatic N) is 2. The van der Waals surface area contributed by atoms with Crippen molar-refractivity contribution in [2.45, 2.75) is 38.7 Å². The minimum atomic E-state index is -2.85. The molecule has 1 aliphatic rings. The molecule has 0 aromatic carbocycles. The van der Waals surface area contributed by atoms with Gasteiger partial charge < -0.3 is 5.11 Å². The summed E-state index contributed by atoms with van der Waals surface area (Å²) in [5.74, 6) is 0.616. The van der Waals surface area contributed by atoms with Crippen molar-refractivity contribution >= 4 is 9.84 Å². The van der Waals surface area contributed by atoms with E-state index >= 15 is 0 Å². The van der Waals surface area contributed by atoms with Gasteiger partial charge in [0.15, 0.2) is 9.84 Å².